The van der Waals surface area contributed by atoms with E-state index < -0.39 is 35.2 Å². The van der Waals surface area contributed by atoms with E-state index >= 15 is 0 Å². The van der Waals surface area contributed by atoms with Gasteiger partial charge >= 0.3 is 11.7 Å². The Labute approximate surface area is 172 Å². The first kappa shape index (κ1) is 22.7. The van der Waals surface area contributed by atoms with Crippen LogP contribution in [0.25, 0.3) is 0 Å². The Morgan fingerprint density at radius 2 is 1.87 bits per heavy atom. The lowest BCUT2D eigenvalue weighted by Gasteiger charge is -2.14. The van der Waals surface area contributed by atoms with Gasteiger partial charge in [0.15, 0.2) is 18.1 Å². The van der Waals surface area contributed by atoms with Gasteiger partial charge in [-0.15, -0.1) is 0 Å². The quantitative estimate of drug-likeness (QED) is 0.455. The Balaban J connectivity index is 2.15. The number of benzene rings is 1. The van der Waals surface area contributed by atoms with Crippen molar-refractivity contribution in [3.63, 3.8) is 0 Å². The van der Waals surface area contributed by atoms with Crippen molar-refractivity contribution >= 4 is 17.6 Å². The number of nitrogens with two attached hydrogens (primary N) is 1. The van der Waals surface area contributed by atoms with E-state index in [1.807, 2.05) is 18.8 Å². The fraction of sp³-hybridized carbons (Fsp3) is 0.400. The topological polar surface area (TPSA) is 143 Å². The Morgan fingerprint density at radius 3 is 2.50 bits per heavy atom. The predicted octanol–water partition coefficient (Wildman–Crippen LogP) is 1.13. The minimum atomic E-state index is -0.943. The third-order valence-electron chi connectivity index (χ3n) is 4.03. The van der Waals surface area contributed by atoms with Gasteiger partial charge in [-0.2, -0.15) is 0 Å². The minimum Gasteiger partial charge on any atom is -0.490 e. The zero-order chi connectivity index (χ0) is 22.4. The first-order chi connectivity index (χ1) is 14.1. The van der Waals surface area contributed by atoms with E-state index in [9.17, 15) is 19.2 Å². The second kappa shape index (κ2) is 9.77. The standard InChI is InChI=1S/C20H25N3O7/c1-5-28-15-8-12(6-7-14(15)29-9-11(2)3)19(26)30-10-13(24)16-17(21)23(4)20(27)22-18(16)25/h6-8,11H,5,9-10,21H2,1-4H3,(H,22,25,27). The summed E-state index contributed by atoms with van der Waals surface area (Å²) in [6, 6.07) is 4.53. The number of hydrogen-bond donors (Lipinski definition) is 2. The number of carbonyl (C=O) groups is 2. The lowest BCUT2D eigenvalue weighted by molar-refractivity contribution is 0.0474. The maximum Gasteiger partial charge on any atom is 0.338 e. The van der Waals surface area contributed by atoms with Gasteiger partial charge in [-0.3, -0.25) is 19.1 Å². The van der Waals surface area contributed by atoms with Crippen LogP contribution in [0.15, 0.2) is 27.8 Å². The molecule has 2 rings (SSSR count). The summed E-state index contributed by atoms with van der Waals surface area (Å²) < 4.78 is 17.1. The maximum absolute atomic E-state index is 12.4. The van der Waals surface area contributed by atoms with E-state index in [0.29, 0.717) is 30.6 Å². The molecule has 0 fully saturated rings. The molecule has 0 saturated carbocycles. The Hall–Kier alpha value is -3.56. The molecule has 0 saturated heterocycles. The number of esters is 1. The summed E-state index contributed by atoms with van der Waals surface area (Å²) >= 11 is 0. The molecule has 0 amide bonds. The van der Waals surface area contributed by atoms with Crippen LogP contribution in [-0.2, 0) is 11.8 Å². The number of anilines is 1. The lowest BCUT2D eigenvalue weighted by atomic mass is 10.2. The van der Waals surface area contributed by atoms with Crippen molar-refractivity contribution < 1.29 is 23.8 Å². The highest BCUT2D eigenvalue weighted by atomic mass is 16.5. The zero-order valence-corrected chi connectivity index (χ0v) is 17.3. The fourth-order valence-electron chi connectivity index (χ4n) is 2.47. The Morgan fingerprint density at radius 1 is 1.17 bits per heavy atom. The number of nitrogens with one attached hydrogen (secondary N) is 1. The molecule has 10 heteroatoms. The van der Waals surface area contributed by atoms with Crippen LogP contribution in [0.3, 0.4) is 0 Å². The van der Waals surface area contributed by atoms with Crippen molar-refractivity contribution in [3.8, 4) is 11.5 Å². The molecule has 3 N–H and O–H groups in total. The van der Waals surface area contributed by atoms with Crippen molar-refractivity contribution in [2.75, 3.05) is 25.6 Å². The second-order valence-electron chi connectivity index (χ2n) is 6.88. The van der Waals surface area contributed by atoms with Crippen molar-refractivity contribution in [3.05, 3.63) is 50.2 Å². The largest absolute Gasteiger partial charge is 0.490 e. The molecule has 0 aliphatic rings. The Kier molecular flexibility index (Phi) is 7.40. The molecule has 0 radical (unpaired) electrons. The van der Waals surface area contributed by atoms with Crippen LogP contribution in [-0.4, -0.2) is 41.1 Å². The molecule has 2 aromatic rings. The smallest absolute Gasteiger partial charge is 0.338 e. The third kappa shape index (κ3) is 5.28. The number of ketones is 1. The predicted molar refractivity (Wildman–Crippen MR) is 109 cm³/mol. The number of carbonyl (C=O) groups excluding carboxylic acids is 2. The third-order valence-corrected chi connectivity index (χ3v) is 4.03. The van der Waals surface area contributed by atoms with Gasteiger partial charge in [0, 0.05) is 7.05 Å². The van der Waals surface area contributed by atoms with Gasteiger partial charge in [-0.25, -0.2) is 9.59 Å². The van der Waals surface area contributed by atoms with Crippen LogP contribution >= 0.6 is 0 Å². The average Bonchev–Trinajstić information content (AvgIpc) is 2.69. The molecule has 1 heterocycles. The molecule has 10 nitrogen and oxygen atoms in total. The number of H-pyrrole nitrogens is 1. The summed E-state index contributed by atoms with van der Waals surface area (Å²) in [6.45, 7) is 5.93. The highest BCUT2D eigenvalue weighted by Gasteiger charge is 2.20. The van der Waals surface area contributed by atoms with Crippen LogP contribution in [0.4, 0.5) is 5.82 Å². The van der Waals surface area contributed by atoms with Crippen LogP contribution in [0, 0.1) is 5.92 Å². The summed E-state index contributed by atoms with van der Waals surface area (Å²) in [5, 5.41) is 0. The van der Waals surface area contributed by atoms with Crippen LogP contribution < -0.4 is 26.5 Å². The van der Waals surface area contributed by atoms with Crippen molar-refractivity contribution in [2.45, 2.75) is 20.8 Å². The number of ether oxygens (including phenoxy) is 3. The van der Waals surface area contributed by atoms with E-state index in [1.165, 1.54) is 19.2 Å². The van der Waals surface area contributed by atoms with E-state index in [2.05, 4.69) is 0 Å². The van der Waals surface area contributed by atoms with Crippen LogP contribution in [0.2, 0.25) is 0 Å². The molecule has 1 aromatic carbocycles. The first-order valence-electron chi connectivity index (χ1n) is 9.34. The number of Topliss-reactive ketones (excluding diaryl/α,β-unsaturated/α-hetero) is 1. The number of aromatic nitrogens is 2. The minimum absolute atomic E-state index is 0.144. The number of aromatic amines is 1. The molecular weight excluding hydrogens is 394 g/mol. The van der Waals surface area contributed by atoms with Gasteiger partial charge in [-0.05, 0) is 31.0 Å². The van der Waals surface area contributed by atoms with Crippen LogP contribution in [0.5, 0.6) is 11.5 Å². The molecule has 0 atom stereocenters. The second-order valence-corrected chi connectivity index (χ2v) is 6.88. The van der Waals surface area contributed by atoms with Gasteiger partial charge in [-0.1, -0.05) is 13.8 Å². The molecule has 0 unspecified atom stereocenters. The van der Waals surface area contributed by atoms with Crippen LogP contribution in [0.1, 0.15) is 41.5 Å². The molecule has 0 aliphatic carbocycles. The van der Waals surface area contributed by atoms with Gasteiger partial charge in [0.25, 0.3) is 5.56 Å². The molecule has 0 bridgehead atoms. The maximum atomic E-state index is 12.4. The monoisotopic (exact) mass is 419 g/mol. The van der Waals surface area contributed by atoms with Gasteiger partial charge in [0.1, 0.15) is 11.4 Å². The number of nitrogen functional groups attached to an aromatic ring is 1. The first-order valence-corrected chi connectivity index (χ1v) is 9.34. The highest BCUT2D eigenvalue weighted by molar-refractivity contribution is 6.02. The Bertz CT molecular complexity index is 1050. The molecule has 1 aromatic heterocycles. The van der Waals surface area contributed by atoms with Gasteiger partial charge < -0.3 is 19.9 Å². The summed E-state index contributed by atoms with van der Waals surface area (Å²) in [7, 11) is 1.30. The highest BCUT2D eigenvalue weighted by Crippen LogP contribution is 2.29. The molecular formula is C20H25N3O7. The fourth-order valence-corrected chi connectivity index (χ4v) is 2.47. The lowest BCUT2D eigenvalue weighted by Crippen LogP contribution is -2.35. The summed E-state index contributed by atoms with van der Waals surface area (Å²) in [5.41, 5.74) is 3.67. The van der Waals surface area contributed by atoms with Crippen molar-refractivity contribution in [2.24, 2.45) is 13.0 Å². The van der Waals surface area contributed by atoms with E-state index in [-0.39, 0.29) is 11.4 Å². The van der Waals surface area contributed by atoms with E-state index in [1.54, 1.807) is 13.0 Å². The summed E-state index contributed by atoms with van der Waals surface area (Å²) in [5.74, 6) is -0.766. The molecule has 0 aliphatic heterocycles. The van der Waals surface area contributed by atoms with Crippen molar-refractivity contribution in [1.29, 1.82) is 0 Å². The normalized spacial score (nSPS) is 10.7. The van der Waals surface area contributed by atoms with Crippen molar-refractivity contribution in [1.82, 2.24) is 9.55 Å². The number of rotatable bonds is 9. The van der Waals surface area contributed by atoms with Gasteiger partial charge in [0.05, 0.1) is 18.8 Å². The molecule has 0 spiro atoms. The zero-order valence-electron chi connectivity index (χ0n) is 17.3. The van der Waals surface area contributed by atoms with E-state index in [4.69, 9.17) is 19.9 Å². The molecule has 30 heavy (non-hydrogen) atoms. The average molecular weight is 419 g/mol. The number of nitrogens with zero attached hydrogens (tertiary/aromatic N) is 1. The van der Waals surface area contributed by atoms with Gasteiger partial charge in [0.2, 0.25) is 5.78 Å². The summed E-state index contributed by atoms with van der Waals surface area (Å²) in [6.07, 6.45) is 0. The van der Waals surface area contributed by atoms with E-state index in [0.717, 1.165) is 4.57 Å². The number of hydrogen-bond acceptors (Lipinski definition) is 8. The summed E-state index contributed by atoms with van der Waals surface area (Å²) in [4.78, 5) is 50.0. The molecule has 162 valence electrons. The SMILES string of the molecule is CCOc1cc(C(=O)OCC(=O)c2c(N)n(C)c(=O)[nH]c2=O)ccc1OCC(C)C.